The second-order valence-corrected chi connectivity index (χ2v) is 8.37. The summed E-state index contributed by atoms with van der Waals surface area (Å²) in [7, 11) is 0. The Bertz CT molecular complexity index is 1510. The van der Waals surface area contributed by atoms with Crippen molar-refractivity contribution < 1.29 is 18.3 Å². The first-order valence-corrected chi connectivity index (χ1v) is 10.8. The van der Waals surface area contributed by atoms with E-state index in [-0.39, 0.29) is 11.1 Å². The highest BCUT2D eigenvalue weighted by Gasteiger charge is 2.57. The van der Waals surface area contributed by atoms with Crippen LogP contribution in [-0.4, -0.2) is 25.6 Å². The Morgan fingerprint density at radius 1 is 1.00 bits per heavy atom. The molecular formula is C27H22F3N3O. The van der Waals surface area contributed by atoms with Crippen molar-refractivity contribution in [3.05, 3.63) is 108 Å². The van der Waals surface area contributed by atoms with E-state index >= 15 is 0 Å². The van der Waals surface area contributed by atoms with E-state index in [0.29, 0.717) is 28.4 Å². The molecule has 0 fully saturated rings. The lowest BCUT2D eigenvalue weighted by Crippen LogP contribution is -2.43. The monoisotopic (exact) mass is 461 g/mol. The van der Waals surface area contributed by atoms with Crippen molar-refractivity contribution in [2.24, 2.45) is 0 Å². The van der Waals surface area contributed by atoms with Crippen LogP contribution in [0.25, 0.3) is 27.5 Å². The summed E-state index contributed by atoms with van der Waals surface area (Å²) in [5, 5.41) is 16.6. The van der Waals surface area contributed by atoms with E-state index in [1.807, 2.05) is 31.2 Å². The molecule has 0 aliphatic rings. The molecule has 2 aromatic heterocycles. The maximum absolute atomic E-state index is 14.6. The van der Waals surface area contributed by atoms with Gasteiger partial charge in [-0.15, -0.1) is 6.58 Å². The van der Waals surface area contributed by atoms with Gasteiger partial charge in [-0.1, -0.05) is 48.0 Å². The number of rotatable bonds is 5. The zero-order valence-electron chi connectivity index (χ0n) is 18.4. The molecular weight excluding hydrogens is 439 g/mol. The van der Waals surface area contributed by atoms with Crippen molar-refractivity contribution in [1.82, 2.24) is 14.3 Å². The molecule has 5 aromatic rings. The van der Waals surface area contributed by atoms with Gasteiger partial charge in [-0.05, 0) is 42.8 Å². The molecule has 0 aliphatic carbocycles. The van der Waals surface area contributed by atoms with Gasteiger partial charge in [0.1, 0.15) is 0 Å². The third kappa shape index (κ3) is 3.31. The number of aromatic nitrogens is 3. The third-order valence-corrected chi connectivity index (χ3v) is 6.18. The highest BCUT2D eigenvalue weighted by atomic mass is 19.4. The topological polar surface area (TPSA) is 43.0 Å². The average molecular weight is 461 g/mol. The summed E-state index contributed by atoms with van der Waals surface area (Å²) in [5.41, 5.74) is -0.570. The van der Waals surface area contributed by atoms with Crippen LogP contribution in [0.5, 0.6) is 0 Å². The van der Waals surface area contributed by atoms with Gasteiger partial charge in [0, 0.05) is 34.6 Å². The maximum atomic E-state index is 14.6. The normalized spacial score (nSPS) is 13.9. The third-order valence-electron chi connectivity index (χ3n) is 6.18. The zero-order chi connectivity index (χ0) is 24.1. The van der Waals surface area contributed by atoms with Gasteiger partial charge in [-0.2, -0.15) is 18.3 Å². The summed E-state index contributed by atoms with van der Waals surface area (Å²) in [6.45, 7) is 5.98. The van der Waals surface area contributed by atoms with E-state index in [1.54, 1.807) is 45.7 Å². The van der Waals surface area contributed by atoms with Crippen LogP contribution >= 0.6 is 0 Å². The first kappa shape index (κ1) is 22.0. The Hall–Kier alpha value is -3.84. The molecule has 1 atom stereocenters. The van der Waals surface area contributed by atoms with Crippen LogP contribution in [0.2, 0.25) is 0 Å². The second-order valence-electron chi connectivity index (χ2n) is 8.37. The zero-order valence-corrected chi connectivity index (χ0v) is 18.4. The van der Waals surface area contributed by atoms with E-state index in [1.165, 1.54) is 24.5 Å². The Balaban J connectivity index is 1.71. The first-order chi connectivity index (χ1) is 16.2. The second kappa shape index (κ2) is 7.88. The van der Waals surface area contributed by atoms with Crippen molar-refractivity contribution in [3.8, 4) is 5.69 Å². The molecule has 0 amide bonds. The lowest BCUT2D eigenvalue weighted by Gasteiger charge is -2.31. The lowest BCUT2D eigenvalue weighted by atomic mass is 9.85. The minimum absolute atomic E-state index is 0.220. The number of nitrogens with zero attached hydrogens (tertiary/aromatic N) is 3. The van der Waals surface area contributed by atoms with E-state index < -0.39 is 11.8 Å². The van der Waals surface area contributed by atoms with Crippen molar-refractivity contribution >= 4 is 21.8 Å². The molecule has 3 aromatic carbocycles. The van der Waals surface area contributed by atoms with E-state index in [9.17, 15) is 18.3 Å². The van der Waals surface area contributed by atoms with Crippen molar-refractivity contribution in [2.75, 3.05) is 0 Å². The van der Waals surface area contributed by atoms with E-state index in [0.717, 1.165) is 11.3 Å². The quantitative estimate of drug-likeness (QED) is 0.313. The summed E-state index contributed by atoms with van der Waals surface area (Å²) in [6, 6.07) is 18.7. The molecule has 1 N–H and O–H groups in total. The fourth-order valence-corrected chi connectivity index (χ4v) is 4.45. The summed E-state index contributed by atoms with van der Waals surface area (Å²) in [6.07, 6.45) is -0.485. The number of aryl methyl sites for hydroxylation is 1. The van der Waals surface area contributed by atoms with Crippen LogP contribution in [0.3, 0.4) is 0 Å². The van der Waals surface area contributed by atoms with Crippen LogP contribution in [0, 0.1) is 6.92 Å². The van der Waals surface area contributed by atoms with Crippen molar-refractivity contribution in [3.63, 3.8) is 0 Å². The van der Waals surface area contributed by atoms with Crippen LogP contribution in [0.4, 0.5) is 13.2 Å². The van der Waals surface area contributed by atoms with Gasteiger partial charge in [-0.3, -0.25) is 0 Å². The predicted molar refractivity (Wildman–Crippen MR) is 127 cm³/mol. The Morgan fingerprint density at radius 2 is 1.74 bits per heavy atom. The molecule has 7 heteroatoms. The average Bonchev–Trinajstić information content (AvgIpc) is 3.40. The highest BCUT2D eigenvalue weighted by molar-refractivity contribution is 5.87. The SMILES string of the molecule is C=CCn1cc(C(O)(c2ccc3c(cnn3-c3ccc(C)cc3)c2)C(F)(F)F)c2ccccc21. The molecule has 4 nitrogen and oxygen atoms in total. The molecule has 0 bridgehead atoms. The standard InChI is InChI=1S/C27H22F3N3O/c1-3-14-32-17-23(22-6-4-5-7-25(22)32)26(34,27(28,29)30)20-10-13-24-19(15-20)16-31-33(24)21-11-8-18(2)9-12-21/h3-13,15-17,34H,1,14H2,2H3. The summed E-state index contributed by atoms with van der Waals surface area (Å²) < 4.78 is 47.1. The van der Waals surface area contributed by atoms with Crippen LogP contribution < -0.4 is 0 Å². The molecule has 1 unspecified atom stereocenters. The summed E-state index contributed by atoms with van der Waals surface area (Å²) in [4.78, 5) is 0. The molecule has 0 saturated heterocycles. The fraction of sp³-hybridized carbons (Fsp3) is 0.148. The van der Waals surface area contributed by atoms with Crippen LogP contribution in [0.15, 0.2) is 91.8 Å². The van der Waals surface area contributed by atoms with Gasteiger partial charge in [-0.25, -0.2) is 4.68 Å². The molecule has 2 heterocycles. The van der Waals surface area contributed by atoms with Gasteiger partial charge < -0.3 is 9.67 Å². The molecule has 0 saturated carbocycles. The highest BCUT2D eigenvalue weighted by Crippen LogP contribution is 2.47. The number of benzene rings is 3. The Labute approximate surface area is 194 Å². The molecule has 0 radical (unpaired) electrons. The number of para-hydroxylation sites is 1. The maximum Gasteiger partial charge on any atom is 0.425 e. The van der Waals surface area contributed by atoms with Crippen LogP contribution in [-0.2, 0) is 12.1 Å². The van der Waals surface area contributed by atoms with E-state index in [4.69, 9.17) is 0 Å². The number of hydrogen-bond donors (Lipinski definition) is 1. The first-order valence-electron chi connectivity index (χ1n) is 10.8. The van der Waals surface area contributed by atoms with Crippen molar-refractivity contribution in [1.29, 1.82) is 0 Å². The minimum atomic E-state index is -4.96. The molecule has 5 rings (SSSR count). The molecule has 0 spiro atoms. The smallest absolute Gasteiger partial charge is 0.372 e. The number of alkyl halides is 3. The summed E-state index contributed by atoms with van der Waals surface area (Å²) in [5.74, 6) is 0. The van der Waals surface area contributed by atoms with Crippen molar-refractivity contribution in [2.45, 2.75) is 25.2 Å². The number of fused-ring (bicyclic) bond motifs is 2. The molecule has 34 heavy (non-hydrogen) atoms. The largest absolute Gasteiger partial charge is 0.425 e. The number of halogens is 3. The predicted octanol–water partition coefficient (Wildman–Crippen LogP) is 6.27. The van der Waals surface area contributed by atoms with Gasteiger partial charge in [0.05, 0.1) is 17.4 Å². The number of hydrogen-bond acceptors (Lipinski definition) is 2. The Morgan fingerprint density at radius 3 is 2.44 bits per heavy atom. The number of allylic oxidation sites excluding steroid dienone is 1. The van der Waals surface area contributed by atoms with Gasteiger partial charge in [0.25, 0.3) is 0 Å². The lowest BCUT2D eigenvalue weighted by molar-refractivity contribution is -0.247. The number of aliphatic hydroxyl groups is 1. The minimum Gasteiger partial charge on any atom is -0.372 e. The van der Waals surface area contributed by atoms with Crippen LogP contribution in [0.1, 0.15) is 16.7 Å². The Kier molecular flexibility index (Phi) is 5.10. The molecule has 0 aliphatic heterocycles. The van der Waals surface area contributed by atoms with Gasteiger partial charge in [0.15, 0.2) is 0 Å². The van der Waals surface area contributed by atoms with Gasteiger partial charge >= 0.3 is 6.18 Å². The summed E-state index contributed by atoms with van der Waals surface area (Å²) >= 11 is 0. The van der Waals surface area contributed by atoms with Gasteiger partial charge in [0.2, 0.25) is 5.60 Å². The van der Waals surface area contributed by atoms with E-state index in [2.05, 4.69) is 11.7 Å². The fourth-order valence-electron chi connectivity index (χ4n) is 4.45. The molecule has 172 valence electrons.